The molecule has 1 aromatic rings. The van der Waals surface area contributed by atoms with E-state index in [9.17, 15) is 0 Å². The van der Waals surface area contributed by atoms with Crippen molar-refractivity contribution in [2.45, 2.75) is 38.0 Å². The van der Waals surface area contributed by atoms with E-state index in [-0.39, 0.29) is 0 Å². The van der Waals surface area contributed by atoms with Crippen LogP contribution in [0.3, 0.4) is 0 Å². The molecule has 0 fully saturated rings. The molecule has 0 bridgehead atoms. The molecule has 0 atom stereocenters. The molecule has 0 saturated heterocycles. The zero-order valence-corrected chi connectivity index (χ0v) is 12.3. The Labute approximate surface area is 113 Å². The van der Waals surface area contributed by atoms with Crippen LogP contribution in [0.4, 0.5) is 0 Å². The normalized spacial score (nSPS) is 10.4. The highest BCUT2D eigenvalue weighted by Crippen LogP contribution is 2.26. The molecule has 0 spiro atoms. The van der Waals surface area contributed by atoms with Crippen LogP contribution < -0.4 is 0 Å². The fourth-order valence-corrected chi connectivity index (χ4v) is 3.53. The maximum absolute atomic E-state index is 5.34. The van der Waals surface area contributed by atoms with Crippen molar-refractivity contribution in [3.05, 3.63) is 29.8 Å². The number of hydrogen-bond donors (Lipinski definition) is 0. The Bertz CT molecular complexity index is 316. The zero-order valence-electron chi connectivity index (χ0n) is 9.86. The van der Waals surface area contributed by atoms with E-state index in [0.717, 1.165) is 9.28 Å². The van der Waals surface area contributed by atoms with Gasteiger partial charge in [0, 0.05) is 4.90 Å². The highest BCUT2D eigenvalue weighted by atomic mass is 32.2. The van der Waals surface area contributed by atoms with Crippen LogP contribution in [0, 0.1) is 6.92 Å². The largest absolute Gasteiger partial charge is 0.109 e. The lowest BCUT2D eigenvalue weighted by molar-refractivity contribution is 0.779. The first-order valence-corrected chi connectivity index (χ1v) is 7.84. The number of rotatable bonds is 5. The minimum absolute atomic E-state index is 1.04. The van der Waals surface area contributed by atoms with Gasteiger partial charge in [0.05, 0.1) is 0 Å². The van der Waals surface area contributed by atoms with Crippen LogP contribution in [0.15, 0.2) is 29.2 Å². The Kier molecular flexibility index (Phi) is 7.17. The summed E-state index contributed by atoms with van der Waals surface area (Å²) in [5.74, 6) is 1.16. The summed E-state index contributed by atoms with van der Waals surface area (Å²) in [7, 11) is 0. The second-order valence-electron chi connectivity index (χ2n) is 3.72. The van der Waals surface area contributed by atoms with E-state index in [2.05, 4.69) is 38.1 Å². The van der Waals surface area contributed by atoms with Gasteiger partial charge in [-0.1, -0.05) is 61.4 Å². The van der Waals surface area contributed by atoms with Gasteiger partial charge in [-0.2, -0.15) is 0 Å². The molecule has 0 nitrogen and oxygen atoms in total. The third-order valence-electron chi connectivity index (χ3n) is 2.19. The first kappa shape index (κ1) is 14.1. The number of aryl methyl sites for hydroxylation is 1. The molecule has 0 radical (unpaired) electrons. The van der Waals surface area contributed by atoms with E-state index in [1.165, 1.54) is 29.7 Å². The highest BCUT2D eigenvalue weighted by Gasteiger charge is 2.00. The van der Waals surface area contributed by atoms with Crippen LogP contribution in [0.25, 0.3) is 0 Å². The Balaban J connectivity index is 2.26. The van der Waals surface area contributed by atoms with Gasteiger partial charge < -0.3 is 0 Å². The molecule has 0 aliphatic carbocycles. The van der Waals surface area contributed by atoms with E-state index in [0.29, 0.717) is 0 Å². The van der Waals surface area contributed by atoms with Crippen molar-refractivity contribution < 1.29 is 0 Å². The lowest BCUT2D eigenvalue weighted by atomic mass is 10.2. The molecule has 3 heteroatoms. The molecule has 0 amide bonds. The predicted octanol–water partition coefficient (Wildman–Crippen LogP) is 5.30. The Morgan fingerprint density at radius 3 is 2.50 bits per heavy atom. The third-order valence-corrected chi connectivity index (χ3v) is 4.80. The number of thiocarbonyl (C=S) groups is 1. The highest BCUT2D eigenvalue weighted by molar-refractivity contribution is 8.47. The third kappa shape index (κ3) is 5.92. The van der Waals surface area contributed by atoms with Gasteiger partial charge in [0.2, 0.25) is 0 Å². The van der Waals surface area contributed by atoms with Crippen molar-refractivity contribution in [3.8, 4) is 0 Å². The summed E-state index contributed by atoms with van der Waals surface area (Å²) >= 11 is 8.86. The molecule has 0 aromatic heterocycles. The van der Waals surface area contributed by atoms with Gasteiger partial charge in [-0.3, -0.25) is 0 Å². The van der Waals surface area contributed by atoms with Crippen molar-refractivity contribution in [1.29, 1.82) is 0 Å². The number of unbranched alkanes of at least 4 members (excludes halogenated alkanes) is 2. The van der Waals surface area contributed by atoms with E-state index in [1.54, 1.807) is 11.8 Å². The van der Waals surface area contributed by atoms with Gasteiger partial charge in [0.1, 0.15) is 3.53 Å². The van der Waals surface area contributed by atoms with Gasteiger partial charge >= 0.3 is 0 Å². The van der Waals surface area contributed by atoms with Crippen LogP contribution in [0.1, 0.15) is 31.7 Å². The molecule has 16 heavy (non-hydrogen) atoms. The van der Waals surface area contributed by atoms with Gasteiger partial charge in [-0.05, 0) is 31.2 Å². The first-order chi connectivity index (χ1) is 7.72. The fourth-order valence-electron chi connectivity index (χ4n) is 1.24. The predicted molar refractivity (Wildman–Crippen MR) is 81.6 cm³/mol. The molecule has 0 N–H and O–H groups in total. The SMILES string of the molecule is CCCCCSC(=S)Sc1ccc(C)cc1. The first-order valence-electron chi connectivity index (χ1n) is 5.63. The lowest BCUT2D eigenvalue weighted by Crippen LogP contribution is -1.85. The van der Waals surface area contributed by atoms with Crippen molar-refractivity contribution in [1.82, 2.24) is 0 Å². The molecule has 0 saturated carbocycles. The maximum atomic E-state index is 5.34. The lowest BCUT2D eigenvalue weighted by Gasteiger charge is -2.03. The Morgan fingerprint density at radius 1 is 1.19 bits per heavy atom. The summed E-state index contributed by atoms with van der Waals surface area (Å²) in [5, 5.41) is 0. The van der Waals surface area contributed by atoms with Crippen molar-refractivity contribution in [2.24, 2.45) is 0 Å². The molecule has 0 aliphatic heterocycles. The average molecular weight is 270 g/mol. The summed E-state index contributed by atoms with van der Waals surface area (Å²) in [6, 6.07) is 8.54. The second-order valence-corrected chi connectivity index (χ2v) is 7.09. The molecular formula is C13H18S3. The number of hydrogen-bond acceptors (Lipinski definition) is 3. The minimum Gasteiger partial charge on any atom is -0.107 e. The number of benzene rings is 1. The van der Waals surface area contributed by atoms with E-state index in [4.69, 9.17) is 12.2 Å². The van der Waals surface area contributed by atoms with E-state index in [1.807, 2.05) is 11.8 Å². The number of thioether (sulfide) groups is 2. The quantitative estimate of drug-likeness (QED) is 0.405. The van der Waals surface area contributed by atoms with Crippen molar-refractivity contribution in [3.63, 3.8) is 0 Å². The van der Waals surface area contributed by atoms with Gasteiger partial charge in [-0.25, -0.2) is 0 Å². The Hall–Kier alpha value is 0.01000. The van der Waals surface area contributed by atoms with Crippen molar-refractivity contribution in [2.75, 3.05) is 5.75 Å². The van der Waals surface area contributed by atoms with Gasteiger partial charge in [0.15, 0.2) is 0 Å². The monoisotopic (exact) mass is 270 g/mol. The van der Waals surface area contributed by atoms with Crippen LogP contribution in [-0.2, 0) is 0 Å². The summed E-state index contributed by atoms with van der Waals surface area (Å²) in [6.45, 7) is 4.33. The summed E-state index contributed by atoms with van der Waals surface area (Å²) in [4.78, 5) is 1.25. The topological polar surface area (TPSA) is 0 Å². The van der Waals surface area contributed by atoms with Crippen LogP contribution >= 0.6 is 35.7 Å². The molecular weight excluding hydrogens is 252 g/mol. The summed E-state index contributed by atoms with van der Waals surface area (Å²) in [6.07, 6.45) is 3.86. The van der Waals surface area contributed by atoms with Crippen LogP contribution in [0.5, 0.6) is 0 Å². The zero-order chi connectivity index (χ0) is 11.8. The second kappa shape index (κ2) is 8.15. The summed E-state index contributed by atoms with van der Waals surface area (Å²) in [5.41, 5.74) is 1.30. The maximum Gasteiger partial charge on any atom is 0.109 e. The smallest absolute Gasteiger partial charge is 0.107 e. The molecule has 1 aromatic carbocycles. The van der Waals surface area contributed by atoms with Gasteiger partial charge in [0.25, 0.3) is 0 Å². The average Bonchev–Trinajstić information content (AvgIpc) is 2.28. The van der Waals surface area contributed by atoms with E-state index >= 15 is 0 Å². The van der Waals surface area contributed by atoms with Crippen LogP contribution in [-0.4, -0.2) is 9.28 Å². The molecule has 1 rings (SSSR count). The van der Waals surface area contributed by atoms with Gasteiger partial charge in [-0.15, -0.1) is 11.8 Å². The van der Waals surface area contributed by atoms with Crippen LogP contribution in [0.2, 0.25) is 0 Å². The van der Waals surface area contributed by atoms with Crippen molar-refractivity contribution >= 4 is 39.3 Å². The molecule has 0 heterocycles. The summed E-state index contributed by atoms with van der Waals surface area (Å²) < 4.78 is 1.04. The van der Waals surface area contributed by atoms with E-state index < -0.39 is 0 Å². The molecule has 88 valence electrons. The minimum atomic E-state index is 1.04. The molecule has 0 unspecified atom stereocenters. The Morgan fingerprint density at radius 2 is 1.88 bits per heavy atom. The standard InChI is InChI=1S/C13H18S3/c1-3-4-5-10-15-13(14)16-12-8-6-11(2)7-9-12/h6-9H,3-5,10H2,1-2H3. The molecule has 0 aliphatic rings. The fraction of sp³-hybridized carbons (Fsp3) is 0.462.